The van der Waals surface area contributed by atoms with Crippen LogP contribution in [0, 0.1) is 5.92 Å². The smallest absolute Gasteiger partial charge is 0.439 e. The van der Waals surface area contributed by atoms with E-state index in [4.69, 9.17) is 25.5 Å². The number of carbonyl (C=O) groups excluding carboxylic acids is 1. The Kier molecular flexibility index (Phi) is 8.95. The van der Waals surface area contributed by atoms with Crippen molar-refractivity contribution in [3.8, 4) is 0 Å². The van der Waals surface area contributed by atoms with Gasteiger partial charge in [0.25, 0.3) is 0 Å². The molecule has 0 saturated carbocycles. The van der Waals surface area contributed by atoms with Crippen LogP contribution in [0.3, 0.4) is 0 Å². The summed E-state index contributed by atoms with van der Waals surface area (Å²) in [4.78, 5) is 12.5. The van der Waals surface area contributed by atoms with Crippen LogP contribution in [0.25, 0.3) is 0 Å². The SMILES string of the molecule is CC(C)C[C@H](N)OBOC(C)(C)C(C)(C)OC(=O)[C@@H](N)Cc1ccccc1. The van der Waals surface area contributed by atoms with Gasteiger partial charge in [0.1, 0.15) is 11.6 Å². The molecule has 0 aliphatic rings. The van der Waals surface area contributed by atoms with Gasteiger partial charge in [-0.05, 0) is 52.0 Å². The van der Waals surface area contributed by atoms with Gasteiger partial charge in [0.2, 0.25) is 0 Å². The Morgan fingerprint density at radius 3 is 2.22 bits per heavy atom. The first-order chi connectivity index (χ1) is 12.4. The quantitative estimate of drug-likeness (QED) is 0.348. The lowest BCUT2D eigenvalue weighted by molar-refractivity contribution is -0.179. The summed E-state index contributed by atoms with van der Waals surface area (Å²) in [5, 5.41) is 0. The maximum Gasteiger partial charge on any atom is 0.439 e. The van der Waals surface area contributed by atoms with E-state index in [2.05, 4.69) is 13.8 Å². The summed E-state index contributed by atoms with van der Waals surface area (Å²) in [5.74, 6) is -0.0190. The van der Waals surface area contributed by atoms with E-state index in [9.17, 15) is 4.79 Å². The van der Waals surface area contributed by atoms with Crippen LogP contribution in [0.15, 0.2) is 30.3 Å². The highest BCUT2D eigenvalue weighted by Crippen LogP contribution is 2.29. The minimum atomic E-state index is -0.899. The normalized spacial score (nSPS) is 14.7. The third-order valence-electron chi connectivity index (χ3n) is 4.81. The van der Waals surface area contributed by atoms with Gasteiger partial charge in [-0.2, -0.15) is 0 Å². The molecule has 0 aliphatic carbocycles. The number of benzene rings is 1. The van der Waals surface area contributed by atoms with Gasteiger partial charge in [-0.15, -0.1) is 0 Å². The van der Waals surface area contributed by atoms with Crippen LogP contribution in [0.2, 0.25) is 0 Å². The van der Waals surface area contributed by atoms with Crippen molar-refractivity contribution < 1.29 is 18.8 Å². The summed E-state index contributed by atoms with van der Waals surface area (Å²) in [6, 6.07) is 8.88. The molecule has 2 atom stereocenters. The molecular formula is C20H35BN2O4. The van der Waals surface area contributed by atoms with E-state index in [-0.39, 0.29) is 13.9 Å². The largest absolute Gasteiger partial charge is 0.456 e. The molecule has 7 heteroatoms. The van der Waals surface area contributed by atoms with E-state index in [1.807, 2.05) is 44.2 Å². The predicted molar refractivity (Wildman–Crippen MR) is 109 cm³/mol. The molecule has 0 heterocycles. The molecule has 0 amide bonds. The molecule has 6 nitrogen and oxygen atoms in total. The maximum absolute atomic E-state index is 12.5. The first-order valence-corrected chi connectivity index (χ1v) is 9.48. The molecule has 0 aromatic heterocycles. The predicted octanol–water partition coefficient (Wildman–Crippen LogP) is 2.29. The molecule has 0 saturated heterocycles. The molecule has 0 unspecified atom stereocenters. The van der Waals surface area contributed by atoms with Crippen molar-refractivity contribution in [1.82, 2.24) is 0 Å². The van der Waals surface area contributed by atoms with Crippen molar-refractivity contribution in [1.29, 1.82) is 0 Å². The van der Waals surface area contributed by atoms with E-state index in [1.165, 1.54) is 0 Å². The molecule has 0 spiro atoms. The van der Waals surface area contributed by atoms with Crippen LogP contribution in [0.5, 0.6) is 0 Å². The third-order valence-corrected chi connectivity index (χ3v) is 4.81. The number of rotatable bonds is 11. The van der Waals surface area contributed by atoms with Crippen LogP contribution in [-0.4, -0.2) is 37.1 Å². The minimum Gasteiger partial charge on any atom is -0.456 e. The van der Waals surface area contributed by atoms with Crippen molar-refractivity contribution >= 4 is 13.7 Å². The van der Waals surface area contributed by atoms with Gasteiger partial charge in [-0.1, -0.05) is 44.2 Å². The first-order valence-electron chi connectivity index (χ1n) is 9.48. The summed E-state index contributed by atoms with van der Waals surface area (Å²) in [7, 11) is 0.0257. The average molecular weight is 378 g/mol. The molecule has 1 rings (SSSR count). The fourth-order valence-electron chi connectivity index (χ4n) is 2.38. The highest BCUT2D eigenvalue weighted by atomic mass is 16.6. The highest BCUT2D eigenvalue weighted by Gasteiger charge is 2.42. The average Bonchev–Trinajstić information content (AvgIpc) is 2.54. The topological polar surface area (TPSA) is 96.8 Å². The molecule has 152 valence electrons. The minimum absolute atomic E-state index is 0.0257. The van der Waals surface area contributed by atoms with E-state index in [0.29, 0.717) is 12.3 Å². The Hall–Kier alpha value is -1.41. The number of hydrogen-bond donors (Lipinski definition) is 2. The molecule has 4 N–H and O–H groups in total. The summed E-state index contributed by atoms with van der Waals surface area (Å²) in [5.41, 5.74) is 11.2. The van der Waals surface area contributed by atoms with Crippen molar-refractivity contribution in [2.75, 3.05) is 0 Å². The van der Waals surface area contributed by atoms with Crippen molar-refractivity contribution in [3.63, 3.8) is 0 Å². The van der Waals surface area contributed by atoms with Crippen molar-refractivity contribution in [3.05, 3.63) is 35.9 Å². The van der Waals surface area contributed by atoms with Gasteiger partial charge in [0.05, 0.1) is 11.8 Å². The molecule has 0 bridgehead atoms. The summed E-state index contributed by atoms with van der Waals surface area (Å²) in [6.07, 6.45) is 0.784. The zero-order valence-electron chi connectivity index (χ0n) is 17.5. The van der Waals surface area contributed by atoms with Crippen molar-refractivity contribution in [2.45, 2.75) is 77.9 Å². The van der Waals surface area contributed by atoms with E-state index in [1.54, 1.807) is 13.8 Å². The van der Waals surface area contributed by atoms with E-state index < -0.39 is 23.2 Å². The lowest BCUT2D eigenvalue weighted by Crippen LogP contribution is -2.53. The van der Waals surface area contributed by atoms with Crippen LogP contribution in [0.4, 0.5) is 0 Å². The molecule has 1 aromatic rings. The van der Waals surface area contributed by atoms with Gasteiger partial charge in [0, 0.05) is 0 Å². The number of nitrogens with two attached hydrogens (primary N) is 2. The molecule has 1 aromatic carbocycles. The Labute approximate surface area is 164 Å². The fourth-order valence-corrected chi connectivity index (χ4v) is 2.38. The summed E-state index contributed by atoms with van der Waals surface area (Å²) < 4.78 is 17.0. The Balaban J connectivity index is 2.56. The Morgan fingerprint density at radius 1 is 1.07 bits per heavy atom. The lowest BCUT2D eigenvalue weighted by atomic mass is 9.88. The van der Waals surface area contributed by atoms with Crippen LogP contribution in [-0.2, 0) is 25.3 Å². The van der Waals surface area contributed by atoms with Crippen molar-refractivity contribution in [2.24, 2.45) is 17.4 Å². The number of carbonyl (C=O) groups is 1. The van der Waals surface area contributed by atoms with Gasteiger partial charge < -0.3 is 25.5 Å². The maximum atomic E-state index is 12.5. The molecular weight excluding hydrogens is 343 g/mol. The fraction of sp³-hybridized carbons (Fsp3) is 0.650. The van der Waals surface area contributed by atoms with Gasteiger partial charge in [-0.3, -0.25) is 4.79 Å². The van der Waals surface area contributed by atoms with Crippen LogP contribution in [0.1, 0.15) is 53.5 Å². The van der Waals surface area contributed by atoms with Crippen LogP contribution >= 0.6 is 0 Å². The summed E-state index contributed by atoms with van der Waals surface area (Å²) >= 11 is 0. The monoisotopic (exact) mass is 378 g/mol. The van der Waals surface area contributed by atoms with E-state index in [0.717, 1.165) is 12.0 Å². The third kappa shape index (κ3) is 8.01. The highest BCUT2D eigenvalue weighted by molar-refractivity contribution is 6.18. The second kappa shape index (κ2) is 10.2. The molecule has 0 aliphatic heterocycles. The molecule has 0 fully saturated rings. The Morgan fingerprint density at radius 2 is 1.67 bits per heavy atom. The molecule has 27 heavy (non-hydrogen) atoms. The number of ether oxygens (including phenoxy) is 1. The van der Waals surface area contributed by atoms with E-state index >= 15 is 0 Å². The zero-order chi connectivity index (χ0) is 20.7. The standard InChI is InChI=1S/C20H35BN2O4/c1-14(2)12-17(23)26-21-27-20(5,6)19(3,4)25-18(24)16(22)13-15-10-8-7-9-11-15/h7-11,14,16-17,21H,12-13,22-23H2,1-6H3/t16-,17+/m0/s1. The number of esters is 1. The second-order valence-electron chi connectivity index (χ2n) is 8.33. The van der Waals surface area contributed by atoms with Gasteiger partial charge in [0.15, 0.2) is 0 Å². The van der Waals surface area contributed by atoms with Crippen LogP contribution < -0.4 is 11.5 Å². The first kappa shape index (κ1) is 23.6. The number of hydrogen-bond acceptors (Lipinski definition) is 6. The molecule has 0 radical (unpaired) electrons. The lowest BCUT2D eigenvalue weighted by Gasteiger charge is -2.41. The Bertz CT molecular complexity index is 579. The summed E-state index contributed by atoms with van der Waals surface area (Å²) in [6.45, 7) is 11.5. The van der Waals surface area contributed by atoms with Gasteiger partial charge >= 0.3 is 13.7 Å². The zero-order valence-corrected chi connectivity index (χ0v) is 17.5. The second-order valence-corrected chi connectivity index (χ2v) is 8.33. The van der Waals surface area contributed by atoms with Gasteiger partial charge in [-0.25, -0.2) is 0 Å².